The number of aryl methyl sites for hydroxylation is 1. The van der Waals surface area contributed by atoms with E-state index in [1.54, 1.807) is 0 Å². The zero-order valence-corrected chi connectivity index (χ0v) is 14.1. The molecule has 0 saturated heterocycles. The minimum Gasteiger partial charge on any atom is -0.281 e. The third-order valence-corrected chi connectivity index (χ3v) is 4.72. The van der Waals surface area contributed by atoms with Gasteiger partial charge < -0.3 is 0 Å². The summed E-state index contributed by atoms with van der Waals surface area (Å²) in [6.45, 7) is 4.28. The Hall–Kier alpha value is -2.09. The van der Waals surface area contributed by atoms with E-state index in [9.17, 15) is 4.79 Å². The van der Waals surface area contributed by atoms with Crippen LogP contribution in [0.3, 0.4) is 0 Å². The van der Waals surface area contributed by atoms with E-state index in [2.05, 4.69) is 56.4 Å². The number of aromatic nitrogens is 1. The Labute approximate surface area is 137 Å². The molecule has 0 amide bonds. The van der Waals surface area contributed by atoms with Crippen LogP contribution in [0.15, 0.2) is 41.2 Å². The fourth-order valence-electron chi connectivity index (χ4n) is 3.50. The largest absolute Gasteiger partial charge is 0.281 e. The number of allylic oxidation sites excluding steroid dienone is 6. The van der Waals surface area contributed by atoms with Gasteiger partial charge in [0.25, 0.3) is 5.56 Å². The molecule has 0 radical (unpaired) electrons. The van der Waals surface area contributed by atoms with E-state index in [0.717, 1.165) is 60.4 Å². The second-order valence-electron chi connectivity index (χ2n) is 6.13. The lowest BCUT2D eigenvalue weighted by Gasteiger charge is -2.17. The summed E-state index contributed by atoms with van der Waals surface area (Å²) >= 11 is 0. The normalized spacial score (nSPS) is 20.8. The van der Waals surface area contributed by atoms with Crippen LogP contribution >= 0.6 is 0 Å². The number of hydrogen-bond donors (Lipinski definition) is 0. The Morgan fingerprint density at radius 2 is 1.87 bits per heavy atom. The minimum absolute atomic E-state index is 0.160. The first kappa shape index (κ1) is 15.8. The maximum Gasteiger partial charge on any atom is 0.263 e. The van der Waals surface area contributed by atoms with Gasteiger partial charge in [0, 0.05) is 16.6 Å². The van der Waals surface area contributed by atoms with Crippen molar-refractivity contribution in [3.05, 3.63) is 62.9 Å². The molecule has 0 aromatic carbocycles. The lowest BCUT2D eigenvalue weighted by atomic mass is 9.98. The van der Waals surface area contributed by atoms with Crippen molar-refractivity contribution in [2.24, 2.45) is 0 Å². The predicted octanol–water partition coefficient (Wildman–Crippen LogP) is 3.29. The van der Waals surface area contributed by atoms with Gasteiger partial charge in [0.1, 0.15) is 0 Å². The molecule has 120 valence electrons. The smallest absolute Gasteiger partial charge is 0.263 e. The molecule has 1 heterocycles. The molecule has 2 aliphatic carbocycles. The molecule has 2 nitrogen and oxygen atoms in total. The third-order valence-electron chi connectivity index (χ3n) is 4.72. The van der Waals surface area contributed by atoms with Gasteiger partial charge in [-0.15, -0.1) is 0 Å². The Morgan fingerprint density at radius 1 is 1.04 bits per heavy atom. The second kappa shape index (κ2) is 6.99. The SMILES string of the molecule is CCC1=c2c(cc(CC)n(C3=C/CC=CC/C=C\3)c2=O)=CCC1. The van der Waals surface area contributed by atoms with Crippen LogP contribution in [0.1, 0.15) is 51.6 Å². The standard InChI is InChI=1S/C21H25NO/c1-3-16-11-10-12-17-15-18(4-2)22(21(23)20(16)17)19-13-8-6-5-7-9-14-19/h5-6,9,12-15H,3-4,7-8,10-11H2,1-2H3/b6-5?,14-9-,19-13+. The second-order valence-corrected chi connectivity index (χ2v) is 6.13. The molecular weight excluding hydrogens is 282 g/mol. The van der Waals surface area contributed by atoms with Crippen LogP contribution in [-0.4, -0.2) is 4.57 Å². The predicted molar refractivity (Wildman–Crippen MR) is 98.5 cm³/mol. The van der Waals surface area contributed by atoms with Gasteiger partial charge >= 0.3 is 0 Å². The highest BCUT2D eigenvalue weighted by molar-refractivity contribution is 5.60. The van der Waals surface area contributed by atoms with E-state index < -0.39 is 0 Å². The zero-order valence-electron chi connectivity index (χ0n) is 14.1. The summed E-state index contributed by atoms with van der Waals surface area (Å²) in [6, 6.07) is 2.22. The topological polar surface area (TPSA) is 22.0 Å². The summed E-state index contributed by atoms with van der Waals surface area (Å²) in [4.78, 5) is 13.3. The Kier molecular flexibility index (Phi) is 4.80. The molecule has 2 heteroatoms. The minimum atomic E-state index is 0.160. The van der Waals surface area contributed by atoms with Crippen molar-refractivity contribution in [3.8, 4) is 0 Å². The van der Waals surface area contributed by atoms with E-state index in [1.807, 2.05) is 4.57 Å². The van der Waals surface area contributed by atoms with Crippen molar-refractivity contribution in [2.75, 3.05) is 0 Å². The van der Waals surface area contributed by atoms with E-state index in [-0.39, 0.29) is 5.56 Å². The molecule has 23 heavy (non-hydrogen) atoms. The zero-order chi connectivity index (χ0) is 16.2. The van der Waals surface area contributed by atoms with Gasteiger partial charge in [-0.2, -0.15) is 0 Å². The average molecular weight is 307 g/mol. The van der Waals surface area contributed by atoms with Crippen molar-refractivity contribution in [1.29, 1.82) is 0 Å². The van der Waals surface area contributed by atoms with Crippen LogP contribution in [0, 0.1) is 0 Å². The summed E-state index contributed by atoms with van der Waals surface area (Å²) in [5.74, 6) is 0. The van der Waals surface area contributed by atoms with Crippen molar-refractivity contribution >= 4 is 17.3 Å². The monoisotopic (exact) mass is 307 g/mol. The van der Waals surface area contributed by atoms with Crippen molar-refractivity contribution < 1.29 is 0 Å². The van der Waals surface area contributed by atoms with Crippen LogP contribution < -0.4 is 16.0 Å². The number of pyridine rings is 1. The van der Waals surface area contributed by atoms with Crippen LogP contribution in [0.2, 0.25) is 0 Å². The van der Waals surface area contributed by atoms with Gasteiger partial charge in [-0.3, -0.25) is 9.36 Å². The van der Waals surface area contributed by atoms with Gasteiger partial charge in [0.2, 0.25) is 0 Å². The maximum atomic E-state index is 13.3. The summed E-state index contributed by atoms with van der Waals surface area (Å²) in [6.07, 6.45) is 18.6. The summed E-state index contributed by atoms with van der Waals surface area (Å²) in [5, 5.41) is 2.09. The van der Waals surface area contributed by atoms with Gasteiger partial charge in [0.05, 0.1) is 0 Å². The molecule has 2 aliphatic rings. The molecule has 3 rings (SSSR count). The van der Waals surface area contributed by atoms with Crippen molar-refractivity contribution in [2.45, 2.75) is 52.4 Å². The Bertz CT molecular complexity index is 862. The van der Waals surface area contributed by atoms with Crippen LogP contribution in [0.25, 0.3) is 17.3 Å². The molecule has 0 spiro atoms. The molecule has 0 aliphatic heterocycles. The van der Waals surface area contributed by atoms with E-state index in [0.29, 0.717) is 0 Å². The lowest BCUT2D eigenvalue weighted by Crippen LogP contribution is -2.48. The van der Waals surface area contributed by atoms with Crippen molar-refractivity contribution in [3.63, 3.8) is 0 Å². The molecule has 0 unspecified atom stereocenters. The quantitative estimate of drug-likeness (QED) is 0.785. The molecule has 0 N–H and O–H groups in total. The van der Waals surface area contributed by atoms with Crippen LogP contribution in [0.4, 0.5) is 0 Å². The number of hydrogen-bond acceptors (Lipinski definition) is 1. The fraction of sp³-hybridized carbons (Fsp3) is 0.381. The van der Waals surface area contributed by atoms with Gasteiger partial charge in [-0.25, -0.2) is 0 Å². The van der Waals surface area contributed by atoms with Crippen LogP contribution in [0.5, 0.6) is 0 Å². The average Bonchev–Trinajstić information content (AvgIpc) is 2.54. The first-order valence-corrected chi connectivity index (χ1v) is 8.75. The molecule has 0 bridgehead atoms. The number of nitrogens with zero attached hydrogens (tertiary/aromatic N) is 1. The van der Waals surface area contributed by atoms with Gasteiger partial charge in [0.15, 0.2) is 0 Å². The summed E-state index contributed by atoms with van der Waals surface area (Å²) in [5.41, 5.74) is 3.58. The first-order valence-electron chi connectivity index (χ1n) is 8.75. The highest BCUT2D eigenvalue weighted by Gasteiger charge is 2.13. The maximum absolute atomic E-state index is 13.3. The molecular formula is C21H25NO. The van der Waals surface area contributed by atoms with Crippen molar-refractivity contribution in [1.82, 2.24) is 4.57 Å². The molecule has 0 fully saturated rings. The molecule has 0 saturated carbocycles. The fourth-order valence-corrected chi connectivity index (χ4v) is 3.50. The number of fused-ring (bicyclic) bond motifs is 1. The van der Waals surface area contributed by atoms with E-state index in [4.69, 9.17) is 0 Å². The van der Waals surface area contributed by atoms with E-state index >= 15 is 0 Å². The Morgan fingerprint density at radius 3 is 2.65 bits per heavy atom. The molecule has 1 aromatic heterocycles. The third kappa shape index (κ3) is 3.03. The molecule has 0 atom stereocenters. The highest BCUT2D eigenvalue weighted by Crippen LogP contribution is 2.14. The Balaban J connectivity index is 2.34. The van der Waals surface area contributed by atoms with Gasteiger partial charge in [-0.05, 0) is 55.9 Å². The number of rotatable bonds is 3. The van der Waals surface area contributed by atoms with Crippen LogP contribution in [-0.2, 0) is 6.42 Å². The van der Waals surface area contributed by atoms with E-state index in [1.165, 1.54) is 5.57 Å². The molecule has 1 aromatic rings. The summed E-state index contributed by atoms with van der Waals surface area (Å²) < 4.78 is 1.93. The highest BCUT2D eigenvalue weighted by atomic mass is 16.1. The lowest BCUT2D eigenvalue weighted by molar-refractivity contribution is 0.866. The first-order chi connectivity index (χ1) is 11.3. The summed E-state index contributed by atoms with van der Waals surface area (Å²) in [7, 11) is 0. The van der Waals surface area contributed by atoms with Gasteiger partial charge in [-0.1, -0.05) is 49.8 Å².